The Morgan fingerprint density at radius 1 is 1.03 bits per heavy atom. The number of nitrogens with one attached hydrogen (secondary N) is 3. The van der Waals surface area contributed by atoms with E-state index in [1.54, 1.807) is 31.3 Å². The van der Waals surface area contributed by atoms with Gasteiger partial charge in [0.15, 0.2) is 0 Å². The monoisotopic (exact) mass is 494 g/mol. The van der Waals surface area contributed by atoms with Crippen molar-refractivity contribution in [2.24, 2.45) is 4.99 Å². The van der Waals surface area contributed by atoms with E-state index in [4.69, 9.17) is 0 Å². The molecule has 1 unspecified atom stereocenters. The van der Waals surface area contributed by atoms with Gasteiger partial charge in [0.2, 0.25) is 0 Å². The largest absolute Gasteiger partial charge is 0.433 e. The van der Waals surface area contributed by atoms with Crippen LogP contribution in [0.25, 0.3) is 10.9 Å². The van der Waals surface area contributed by atoms with Gasteiger partial charge in [-0.3, -0.25) is 19.9 Å². The topological polar surface area (TPSA) is 95.1 Å². The first-order valence-electron chi connectivity index (χ1n) is 10.8. The first kappa shape index (κ1) is 23.2. The van der Waals surface area contributed by atoms with Crippen LogP contribution in [0, 0.1) is 5.82 Å². The summed E-state index contributed by atoms with van der Waals surface area (Å²) in [6, 6.07) is 12.1. The Kier molecular flexibility index (Phi) is 5.75. The number of H-pyrrole nitrogens is 1. The zero-order valence-corrected chi connectivity index (χ0v) is 18.7. The van der Waals surface area contributed by atoms with Crippen LogP contribution in [0.5, 0.6) is 0 Å². The first-order chi connectivity index (χ1) is 17.2. The second-order valence-electron chi connectivity index (χ2n) is 8.15. The number of fused-ring (bicyclic) bond motifs is 1. The van der Waals surface area contributed by atoms with Crippen LogP contribution in [0.1, 0.15) is 29.8 Å². The fraction of sp³-hybridized carbons (Fsp3) is 0.120. The predicted octanol–water partition coefficient (Wildman–Crippen LogP) is 5.12. The van der Waals surface area contributed by atoms with Crippen molar-refractivity contribution in [3.8, 4) is 0 Å². The van der Waals surface area contributed by atoms with Gasteiger partial charge in [0.1, 0.15) is 23.4 Å². The molecule has 1 aliphatic rings. The molecule has 1 aliphatic heterocycles. The minimum absolute atomic E-state index is 0.236. The average Bonchev–Trinajstić information content (AvgIpc) is 3.31. The maximum Gasteiger partial charge on any atom is 0.433 e. The van der Waals surface area contributed by atoms with Crippen LogP contribution in [0.15, 0.2) is 83.3 Å². The van der Waals surface area contributed by atoms with Crippen LogP contribution < -0.4 is 10.6 Å². The zero-order valence-electron chi connectivity index (χ0n) is 18.7. The van der Waals surface area contributed by atoms with E-state index in [0.29, 0.717) is 22.5 Å². The molecule has 3 N–H and O–H groups in total. The van der Waals surface area contributed by atoms with Gasteiger partial charge in [-0.1, -0.05) is 12.1 Å². The number of aromatic amines is 1. The van der Waals surface area contributed by atoms with Gasteiger partial charge in [-0.05, 0) is 55.0 Å². The van der Waals surface area contributed by atoms with Crippen molar-refractivity contribution in [3.05, 3.63) is 101 Å². The van der Waals surface area contributed by atoms with Gasteiger partial charge in [-0.15, -0.1) is 0 Å². The second-order valence-corrected chi connectivity index (χ2v) is 8.15. The zero-order chi connectivity index (χ0) is 25.4. The summed E-state index contributed by atoms with van der Waals surface area (Å²) in [5.41, 5.74) is 1.87. The summed E-state index contributed by atoms with van der Waals surface area (Å²) in [6.07, 6.45) is -1.87. The number of anilines is 1. The van der Waals surface area contributed by atoms with E-state index < -0.39 is 29.6 Å². The van der Waals surface area contributed by atoms with Crippen molar-refractivity contribution in [3.63, 3.8) is 0 Å². The maximum absolute atomic E-state index is 13.6. The molecular weight excluding hydrogens is 476 g/mol. The molecular formula is C25H18F4N6O. The predicted molar refractivity (Wildman–Crippen MR) is 125 cm³/mol. The molecule has 4 aromatic rings. The number of pyridine rings is 1. The highest BCUT2D eigenvalue weighted by molar-refractivity contribution is 6.09. The third kappa shape index (κ3) is 4.54. The molecule has 0 fully saturated rings. The summed E-state index contributed by atoms with van der Waals surface area (Å²) in [5, 5.41) is 13.5. The van der Waals surface area contributed by atoms with Gasteiger partial charge in [-0.25, -0.2) is 4.39 Å². The van der Waals surface area contributed by atoms with Gasteiger partial charge in [0, 0.05) is 28.5 Å². The van der Waals surface area contributed by atoms with Crippen molar-refractivity contribution >= 4 is 28.3 Å². The molecule has 0 spiro atoms. The molecule has 11 heteroatoms. The van der Waals surface area contributed by atoms with Gasteiger partial charge in [0.25, 0.3) is 5.91 Å². The van der Waals surface area contributed by atoms with E-state index in [1.807, 2.05) is 0 Å². The van der Waals surface area contributed by atoms with Gasteiger partial charge < -0.3 is 10.6 Å². The number of amides is 1. The molecule has 1 amide bonds. The first-order valence-corrected chi connectivity index (χ1v) is 10.8. The Morgan fingerprint density at radius 2 is 1.81 bits per heavy atom. The highest BCUT2D eigenvalue weighted by Gasteiger charge is 2.33. The fourth-order valence-corrected chi connectivity index (χ4v) is 3.92. The number of carbonyl (C=O) groups is 1. The highest BCUT2D eigenvalue weighted by atomic mass is 19.4. The lowest BCUT2D eigenvalue weighted by molar-refractivity contribution is -0.141. The molecule has 3 heterocycles. The van der Waals surface area contributed by atoms with Crippen LogP contribution in [0.3, 0.4) is 0 Å². The summed E-state index contributed by atoms with van der Waals surface area (Å²) in [6.45, 7) is 1.66. The number of halogens is 4. The third-order valence-corrected chi connectivity index (χ3v) is 5.70. The van der Waals surface area contributed by atoms with Gasteiger partial charge in [0.05, 0.1) is 17.3 Å². The molecule has 0 bridgehead atoms. The standard InChI is InChI=1S/C25H18F4N6O/c1-13-21(24(36)33-18-7-8-19-16(10-18)12-31-35-19)22(14-2-5-17(26)6-3-14)34-23(32-13)15-4-9-20(30-11-15)25(27,28)29/h2-12,22H,1H3,(H,31,35)(H,32,34)(H,33,36). The lowest BCUT2D eigenvalue weighted by Gasteiger charge is -2.27. The van der Waals surface area contributed by atoms with Crippen LogP contribution in [0.4, 0.5) is 23.2 Å². The van der Waals surface area contributed by atoms with Crippen molar-refractivity contribution in [2.45, 2.75) is 19.1 Å². The van der Waals surface area contributed by atoms with Gasteiger partial charge in [-0.2, -0.15) is 18.3 Å². The summed E-state index contributed by atoms with van der Waals surface area (Å²) in [4.78, 5) is 21.5. The number of aliphatic imine (C=N–C) groups is 1. The number of hydrogen-bond acceptors (Lipinski definition) is 5. The Labute approximate surface area is 202 Å². The Bertz CT molecular complexity index is 1500. The minimum atomic E-state index is -4.57. The van der Waals surface area contributed by atoms with Crippen molar-refractivity contribution < 1.29 is 22.4 Å². The molecule has 0 radical (unpaired) electrons. The van der Waals surface area contributed by atoms with E-state index in [-0.39, 0.29) is 11.4 Å². The van der Waals surface area contributed by atoms with Crippen LogP contribution >= 0.6 is 0 Å². The Morgan fingerprint density at radius 3 is 2.50 bits per heavy atom. The summed E-state index contributed by atoms with van der Waals surface area (Å²) >= 11 is 0. The molecule has 1 atom stereocenters. The third-order valence-electron chi connectivity index (χ3n) is 5.70. The molecule has 36 heavy (non-hydrogen) atoms. The maximum atomic E-state index is 13.6. The normalized spacial score (nSPS) is 16.0. The van der Waals surface area contributed by atoms with Crippen LogP contribution in [-0.4, -0.2) is 26.9 Å². The van der Waals surface area contributed by atoms with E-state index in [1.165, 1.54) is 30.3 Å². The SMILES string of the molecule is CC1=C(C(=O)Nc2ccc3[nH]ncc3c2)C(c2ccc(F)cc2)N=C(c2ccc(C(F)(F)F)nc2)N1. The smallest absolute Gasteiger partial charge is 0.343 e. The molecule has 0 aliphatic carbocycles. The Hall–Kier alpha value is -4.54. The van der Waals surface area contributed by atoms with Crippen LogP contribution in [-0.2, 0) is 11.0 Å². The van der Waals surface area contributed by atoms with E-state index in [0.717, 1.165) is 23.2 Å². The second kappa shape index (κ2) is 8.91. The molecule has 2 aromatic heterocycles. The van der Waals surface area contributed by atoms with Crippen LogP contribution in [0.2, 0.25) is 0 Å². The molecule has 7 nitrogen and oxygen atoms in total. The fourth-order valence-electron chi connectivity index (χ4n) is 3.92. The van der Waals surface area contributed by atoms with Crippen molar-refractivity contribution in [1.29, 1.82) is 0 Å². The van der Waals surface area contributed by atoms with E-state index >= 15 is 0 Å². The Balaban J connectivity index is 1.50. The highest BCUT2D eigenvalue weighted by Crippen LogP contribution is 2.33. The number of hydrogen-bond donors (Lipinski definition) is 3. The quantitative estimate of drug-likeness (QED) is 0.343. The number of nitrogens with zero attached hydrogens (tertiary/aromatic N) is 3. The molecule has 2 aromatic carbocycles. The lowest BCUT2D eigenvalue weighted by atomic mass is 9.94. The number of alkyl halides is 3. The van der Waals surface area contributed by atoms with Crippen molar-refractivity contribution in [1.82, 2.24) is 20.5 Å². The molecule has 5 rings (SSSR count). The summed E-state index contributed by atoms with van der Waals surface area (Å²) < 4.78 is 52.4. The minimum Gasteiger partial charge on any atom is -0.343 e. The number of carbonyl (C=O) groups excluding carboxylic acids is 1. The number of allylic oxidation sites excluding steroid dienone is 1. The van der Waals surface area contributed by atoms with E-state index in [9.17, 15) is 22.4 Å². The average molecular weight is 494 g/mol. The summed E-state index contributed by atoms with van der Waals surface area (Å²) in [7, 11) is 0. The number of benzene rings is 2. The number of aromatic nitrogens is 3. The number of rotatable bonds is 4. The lowest BCUT2D eigenvalue weighted by Crippen LogP contribution is -2.34. The van der Waals surface area contributed by atoms with Crippen molar-refractivity contribution in [2.75, 3.05) is 5.32 Å². The molecule has 0 saturated heterocycles. The van der Waals surface area contributed by atoms with Gasteiger partial charge >= 0.3 is 6.18 Å². The number of amidine groups is 1. The van der Waals surface area contributed by atoms with E-state index in [2.05, 4.69) is 30.8 Å². The summed E-state index contributed by atoms with van der Waals surface area (Å²) in [5.74, 6) is -0.658. The molecule has 0 saturated carbocycles. The molecule has 182 valence electrons.